The van der Waals surface area contributed by atoms with Crippen molar-refractivity contribution in [3.8, 4) is 5.69 Å². The Bertz CT molecular complexity index is 2920. The van der Waals surface area contributed by atoms with Crippen molar-refractivity contribution in [2.75, 3.05) is 0 Å². The highest BCUT2D eigenvalue weighted by Gasteiger charge is 2.17. The molecule has 2 aromatic heterocycles. The van der Waals surface area contributed by atoms with Crippen LogP contribution in [0.2, 0.25) is 0 Å². The van der Waals surface area contributed by atoms with E-state index >= 15 is 0 Å². The van der Waals surface area contributed by atoms with Crippen LogP contribution in [0.25, 0.3) is 60.0 Å². The lowest BCUT2D eigenvalue weighted by atomic mass is 10.0. The molecule has 5 heteroatoms. The summed E-state index contributed by atoms with van der Waals surface area (Å²) in [5.41, 5.74) is 6.34. The van der Waals surface area contributed by atoms with Gasteiger partial charge in [0.2, 0.25) is 0 Å². The Balaban J connectivity index is 1.21. The maximum absolute atomic E-state index is 9.16. The van der Waals surface area contributed by atoms with Crippen LogP contribution in [-0.2, 0) is 0 Å². The maximum atomic E-state index is 9.16. The molecule has 0 bridgehead atoms. The molecule has 0 saturated heterocycles. The molecule has 5 nitrogen and oxygen atoms in total. The molecule has 0 aliphatic rings. The topological polar surface area (TPSA) is 66.6 Å². The van der Waals surface area contributed by atoms with E-state index in [1.807, 2.05) is 84.9 Å². The Kier molecular flexibility index (Phi) is 7.91. The van der Waals surface area contributed by atoms with Crippen molar-refractivity contribution >= 4 is 72.2 Å². The van der Waals surface area contributed by atoms with Gasteiger partial charge in [0, 0.05) is 50.6 Å². The molecule has 0 fully saturated rings. The van der Waals surface area contributed by atoms with Gasteiger partial charge in [-0.05, 0) is 52.1 Å². The molecule has 52 heavy (non-hydrogen) atoms. The van der Waals surface area contributed by atoms with E-state index in [0.29, 0.717) is 17.0 Å². The van der Waals surface area contributed by atoms with Crippen molar-refractivity contribution in [2.45, 2.75) is 0 Å². The first-order chi connectivity index (χ1) is 25.7. The van der Waals surface area contributed by atoms with Gasteiger partial charge in [0.1, 0.15) is 5.58 Å². The Hall–Kier alpha value is -7.11. The first-order valence-electron chi connectivity index (χ1n) is 17.2. The summed E-state index contributed by atoms with van der Waals surface area (Å²) < 4.78 is 8.63. The van der Waals surface area contributed by atoms with Crippen LogP contribution < -0.4 is 0 Å². The van der Waals surface area contributed by atoms with Crippen molar-refractivity contribution < 1.29 is 4.42 Å². The number of nitrogens with zero attached hydrogens (tertiary/aromatic N) is 3. The molecule has 9 aromatic rings. The molecule has 0 radical (unpaired) electrons. The first-order valence-corrected chi connectivity index (χ1v) is 17.2. The van der Waals surface area contributed by atoms with E-state index in [-0.39, 0.29) is 5.84 Å². The molecule has 0 unspecified atom stereocenters. The summed E-state index contributed by atoms with van der Waals surface area (Å²) in [4.78, 5) is 9.48. The van der Waals surface area contributed by atoms with Crippen LogP contribution in [0.5, 0.6) is 0 Å². The third-order valence-corrected chi connectivity index (χ3v) is 9.43. The van der Waals surface area contributed by atoms with Gasteiger partial charge in [-0.1, -0.05) is 140 Å². The Morgan fingerprint density at radius 2 is 1.21 bits per heavy atom. The largest absolute Gasteiger partial charge is 0.464 e. The summed E-state index contributed by atoms with van der Waals surface area (Å²) in [7, 11) is 0. The molecule has 0 spiro atoms. The van der Waals surface area contributed by atoms with Gasteiger partial charge < -0.3 is 8.98 Å². The molecule has 2 heterocycles. The highest BCUT2D eigenvalue weighted by molar-refractivity contribution is 6.26. The predicted molar refractivity (Wildman–Crippen MR) is 217 cm³/mol. The monoisotopic (exact) mass is 668 g/mol. The number of rotatable bonds is 4. The van der Waals surface area contributed by atoms with E-state index < -0.39 is 0 Å². The lowest BCUT2D eigenvalue weighted by molar-refractivity contribution is 0.606. The van der Waals surface area contributed by atoms with Gasteiger partial charge in [-0.15, -0.1) is 0 Å². The minimum atomic E-state index is 0.0892. The van der Waals surface area contributed by atoms with E-state index in [9.17, 15) is 0 Å². The average molecular weight is 669 g/mol. The van der Waals surface area contributed by atoms with Crippen LogP contribution >= 0.6 is 0 Å². The standard InChI is InChI=1S/C47H32N4O/c48-46(50-47(35-17-5-2-6-18-35)49-31-32-13-3-1-4-14-32)37-19-11-12-28-52-43-30-38(25-22-36(43)29-37)51-42-27-24-33-15-7-9-20-39(33)44(42)41-26-23-34-16-8-10-21-40(34)45(41)51/h1-31,48H. The molecule has 1 N–H and O–H groups in total. The van der Waals surface area contributed by atoms with Gasteiger partial charge in [-0.2, -0.15) is 0 Å². The quantitative estimate of drug-likeness (QED) is 0.147. The number of fused-ring (bicyclic) bond motifs is 8. The second-order valence-corrected chi connectivity index (χ2v) is 12.6. The van der Waals surface area contributed by atoms with E-state index in [2.05, 4.69) is 95.6 Å². The van der Waals surface area contributed by atoms with Gasteiger partial charge in [0.15, 0.2) is 11.7 Å². The molecule has 9 rings (SSSR count). The Morgan fingerprint density at radius 3 is 2.04 bits per heavy atom. The first kappa shape index (κ1) is 30.9. The molecule has 7 aromatic carbocycles. The fraction of sp³-hybridized carbons (Fsp3) is 0. The van der Waals surface area contributed by atoms with E-state index in [0.717, 1.165) is 33.2 Å². The summed E-state index contributed by atoms with van der Waals surface area (Å²) in [5, 5.41) is 17.2. The van der Waals surface area contributed by atoms with Gasteiger partial charge in [0.25, 0.3) is 0 Å². The molecule has 0 aliphatic heterocycles. The zero-order valence-corrected chi connectivity index (χ0v) is 28.1. The Labute approximate surface area is 300 Å². The van der Waals surface area contributed by atoms with Crippen LogP contribution in [0.4, 0.5) is 0 Å². The molecule has 0 aliphatic carbocycles. The fourth-order valence-electron chi connectivity index (χ4n) is 6.98. The smallest absolute Gasteiger partial charge is 0.161 e. The number of benzene rings is 7. The summed E-state index contributed by atoms with van der Waals surface area (Å²) >= 11 is 0. The van der Waals surface area contributed by atoms with Crippen molar-refractivity contribution in [1.29, 1.82) is 5.41 Å². The highest BCUT2D eigenvalue weighted by atomic mass is 16.3. The summed E-state index contributed by atoms with van der Waals surface area (Å²) in [6.45, 7) is 0. The van der Waals surface area contributed by atoms with Crippen molar-refractivity contribution in [3.05, 3.63) is 199 Å². The molecule has 0 atom stereocenters. The predicted octanol–water partition coefficient (Wildman–Crippen LogP) is 11.9. The third-order valence-electron chi connectivity index (χ3n) is 9.43. The van der Waals surface area contributed by atoms with Crippen LogP contribution in [0, 0.1) is 5.41 Å². The zero-order valence-electron chi connectivity index (χ0n) is 28.1. The molecule has 246 valence electrons. The highest BCUT2D eigenvalue weighted by Crippen LogP contribution is 2.40. The minimum Gasteiger partial charge on any atom is -0.464 e. The van der Waals surface area contributed by atoms with E-state index in [1.54, 1.807) is 12.5 Å². The number of amidine groups is 2. The lowest BCUT2D eigenvalue weighted by Crippen LogP contribution is -2.04. The maximum Gasteiger partial charge on any atom is 0.161 e. The SMILES string of the molecule is N=C(N=C(N=Cc1ccccc1)c1ccccc1)c1ccccoc2cc(-n3c4ccc5ccccc5c4c4ccc5ccccc5c43)ccc2c1. The Morgan fingerprint density at radius 1 is 0.558 bits per heavy atom. The van der Waals surface area contributed by atoms with Crippen molar-refractivity contribution in [1.82, 2.24) is 4.57 Å². The van der Waals surface area contributed by atoms with Gasteiger partial charge in [0.05, 0.1) is 17.3 Å². The normalized spacial score (nSPS) is 12.0. The molecular formula is C47H32N4O. The minimum absolute atomic E-state index is 0.0892. The third kappa shape index (κ3) is 5.70. The lowest BCUT2D eigenvalue weighted by Gasteiger charge is -2.10. The van der Waals surface area contributed by atoms with Crippen LogP contribution in [0.1, 0.15) is 16.7 Å². The van der Waals surface area contributed by atoms with Gasteiger partial charge in [-0.3, -0.25) is 5.41 Å². The number of nitrogens with one attached hydrogen (secondary N) is 1. The summed E-state index contributed by atoms with van der Waals surface area (Å²) in [6.07, 6.45) is 3.46. The average Bonchev–Trinajstić information content (AvgIpc) is 3.59. The van der Waals surface area contributed by atoms with E-state index in [1.165, 1.54) is 32.3 Å². The van der Waals surface area contributed by atoms with E-state index in [4.69, 9.17) is 19.8 Å². The number of hydrogen-bond acceptors (Lipinski definition) is 2. The second-order valence-electron chi connectivity index (χ2n) is 12.6. The van der Waals surface area contributed by atoms with Crippen molar-refractivity contribution in [2.24, 2.45) is 9.98 Å². The van der Waals surface area contributed by atoms with Crippen LogP contribution in [0.3, 0.4) is 0 Å². The zero-order chi connectivity index (χ0) is 34.9. The van der Waals surface area contributed by atoms with Gasteiger partial charge >= 0.3 is 0 Å². The number of aliphatic imine (C=N–C) groups is 2. The summed E-state index contributed by atoms with van der Waals surface area (Å²) in [5.74, 6) is 0.545. The summed E-state index contributed by atoms with van der Waals surface area (Å²) in [6, 6.07) is 59.5. The second kappa shape index (κ2) is 13.3. The van der Waals surface area contributed by atoms with Crippen LogP contribution in [-0.4, -0.2) is 22.5 Å². The fourth-order valence-corrected chi connectivity index (χ4v) is 6.98. The number of hydrogen-bond donors (Lipinski definition) is 1. The van der Waals surface area contributed by atoms with Gasteiger partial charge in [-0.25, -0.2) is 9.98 Å². The molecule has 0 saturated carbocycles. The van der Waals surface area contributed by atoms with Crippen molar-refractivity contribution in [3.63, 3.8) is 0 Å². The van der Waals surface area contributed by atoms with Crippen LogP contribution in [0.15, 0.2) is 197 Å². The molecule has 0 amide bonds. The molecular weight excluding hydrogens is 637 g/mol. The number of aromatic nitrogens is 1.